The van der Waals surface area contributed by atoms with Crippen molar-refractivity contribution in [3.63, 3.8) is 0 Å². The molecule has 446 valence electrons. The first-order chi connectivity index (χ1) is 38.3. The highest BCUT2D eigenvalue weighted by atomic mass is 16.8. The number of rotatable bonds is 4. The minimum atomic E-state index is -1.02. The fourth-order valence-corrected chi connectivity index (χ4v) is 18.6. The van der Waals surface area contributed by atoms with E-state index in [4.69, 9.17) is 71.1 Å². The Kier molecular flexibility index (Phi) is 13.8. The molecule has 16 heterocycles. The fourth-order valence-electron chi connectivity index (χ4n) is 18.6. The van der Waals surface area contributed by atoms with Gasteiger partial charge in [0.2, 0.25) is 0 Å². The average molecular weight is 1130 g/mol. The predicted octanol–water partition coefficient (Wildman–Crippen LogP) is 5.32. The monoisotopic (exact) mass is 1120 g/mol. The van der Waals surface area contributed by atoms with Gasteiger partial charge in [0, 0.05) is 70.1 Å². The van der Waals surface area contributed by atoms with E-state index in [1.165, 1.54) is 0 Å². The molecule has 16 aliphatic heterocycles. The third-order valence-electron chi connectivity index (χ3n) is 22.3. The Balaban J connectivity index is 0.658. The smallest absolute Gasteiger partial charge is 0.308 e. The molecule has 16 fully saturated rings. The van der Waals surface area contributed by atoms with Crippen molar-refractivity contribution < 1.29 is 91.2 Å². The Labute approximate surface area is 469 Å². The normalized spacial score (nSPS) is 57.6. The zero-order valence-corrected chi connectivity index (χ0v) is 47.4. The van der Waals surface area contributed by atoms with Crippen LogP contribution in [0, 0.1) is 23.7 Å². The van der Waals surface area contributed by atoms with Crippen molar-refractivity contribution in [1.82, 2.24) is 0 Å². The molecule has 0 saturated carbocycles. The van der Waals surface area contributed by atoms with Crippen molar-refractivity contribution in [2.24, 2.45) is 23.7 Å². The molecule has 19 heteroatoms. The second-order valence-corrected chi connectivity index (χ2v) is 28.2. The standard InChI is InChI=1S/C61H88O19/c1-27-14-34-8-10-38-28(2)15-36(66-38)12-13-59-26-58(7)57(80-59)56-55(77-58)54(79-59)53-39(70-56)11-9-35(68-53)17-48(65)73-52-32(6)51-44(69-43(52)18-40(67-34)31(27)5)20-42-46(72-51)23-61(74-42)24-47-50(78-61)30(4)22-60(76-47)21-29(3)49-45(75-60)19-41(71-49)37(64)16-33(63)25-62/h27,29-30,32-47,49-57,62-64H,2,5,8-26H2,1,3-4,6-7H3/t27-,29+,30+,32+,33-,34+,35-,36+,37+,38+,39+,40-,41+,42-,43+,44+,45+,46-,47+,49+,50+,51+,52-,53+,54+,55+,56-,57?,58+,59-,60-,61-/m1/s1. The van der Waals surface area contributed by atoms with Crippen LogP contribution < -0.4 is 0 Å². The van der Waals surface area contributed by atoms with Gasteiger partial charge in [0.25, 0.3) is 0 Å². The van der Waals surface area contributed by atoms with E-state index in [0.29, 0.717) is 70.6 Å². The molecule has 0 aliphatic carbocycles. The Morgan fingerprint density at radius 3 is 2.09 bits per heavy atom. The third-order valence-corrected chi connectivity index (χ3v) is 22.3. The number of aliphatic hydroxyl groups excluding tert-OH is 3. The van der Waals surface area contributed by atoms with Gasteiger partial charge >= 0.3 is 5.97 Å². The van der Waals surface area contributed by atoms with Gasteiger partial charge in [-0.2, -0.15) is 0 Å². The highest BCUT2D eigenvalue weighted by Gasteiger charge is 2.73. The lowest BCUT2D eigenvalue weighted by Crippen LogP contribution is -2.62. The molecular weight excluding hydrogens is 1040 g/mol. The Morgan fingerprint density at radius 2 is 1.25 bits per heavy atom. The molecule has 0 aromatic heterocycles. The SMILES string of the molecule is C=C1C[C@@H]2CC[C@@]34C[C@]5(C)O[C@H]6[C@@H](O3)[C@H]3O[C@H](CC[C@@H]3O[C@H]6C5O4)CC(=O)O[C@@H]3[C@@H](C)[C@@H]4O[C@@H]5C[C@@]6(C[C@@H]7O[C@]8(C[C@H](C)[C@@H]9O[C@H]([C@@H](O)C[C@@H](O)CO)C[C@@H]9O8)C[C@H](C)[C@@H]7O6)O[C@@H]5C[C@@H]4O[C@H]3C[C@H]3O[C@@H](CC[C@@H]1O2)C[C@@H](C)C3=C. The molecule has 1 unspecified atom stereocenters. The summed E-state index contributed by atoms with van der Waals surface area (Å²) >= 11 is 0. The summed E-state index contributed by atoms with van der Waals surface area (Å²) in [6.45, 7) is 19.6. The van der Waals surface area contributed by atoms with Gasteiger partial charge < -0.3 is 86.4 Å². The van der Waals surface area contributed by atoms with E-state index in [9.17, 15) is 20.1 Å². The number of carbonyl (C=O) groups excluding carboxylic acids is 1. The molecule has 0 aromatic rings. The van der Waals surface area contributed by atoms with Crippen LogP contribution in [0.2, 0.25) is 0 Å². The highest BCUT2D eigenvalue weighted by Crippen LogP contribution is 2.60. The summed E-state index contributed by atoms with van der Waals surface area (Å²) in [4.78, 5) is 14.6. The summed E-state index contributed by atoms with van der Waals surface area (Å²) in [5.41, 5.74) is 1.60. The molecule has 16 aliphatic rings. The lowest BCUT2D eigenvalue weighted by molar-refractivity contribution is -0.347. The van der Waals surface area contributed by atoms with Crippen molar-refractivity contribution in [3.05, 3.63) is 24.3 Å². The number of hydrogen-bond donors (Lipinski definition) is 3. The number of carbonyl (C=O) groups is 1. The van der Waals surface area contributed by atoms with E-state index >= 15 is 0 Å². The van der Waals surface area contributed by atoms with E-state index in [0.717, 1.165) is 43.3 Å². The maximum Gasteiger partial charge on any atom is 0.308 e. The first kappa shape index (κ1) is 54.9. The highest BCUT2D eigenvalue weighted by molar-refractivity contribution is 5.70. The summed E-state index contributed by atoms with van der Waals surface area (Å²) in [5.74, 6) is -2.82. The third kappa shape index (κ3) is 9.32. The molecule has 80 heavy (non-hydrogen) atoms. The average Bonchev–Trinajstić information content (AvgIpc) is 4.40. The molecule has 0 aromatic carbocycles. The Hall–Kier alpha value is -1.73. The van der Waals surface area contributed by atoms with Gasteiger partial charge in [0.15, 0.2) is 17.4 Å². The predicted molar refractivity (Wildman–Crippen MR) is 278 cm³/mol. The maximum atomic E-state index is 14.6. The van der Waals surface area contributed by atoms with Crippen molar-refractivity contribution in [1.29, 1.82) is 0 Å². The van der Waals surface area contributed by atoms with Crippen LogP contribution in [-0.2, 0) is 75.8 Å². The molecule has 19 nitrogen and oxygen atoms in total. The van der Waals surface area contributed by atoms with E-state index < -0.39 is 78.4 Å². The number of fused-ring (bicyclic) bond motifs is 10. The molecule has 16 rings (SSSR count). The van der Waals surface area contributed by atoms with Gasteiger partial charge in [-0.15, -0.1) is 0 Å². The Morgan fingerprint density at radius 1 is 0.550 bits per heavy atom. The van der Waals surface area contributed by atoms with Gasteiger partial charge in [-0.05, 0) is 80.8 Å². The molecule has 16 saturated heterocycles. The zero-order valence-electron chi connectivity index (χ0n) is 47.4. The van der Waals surface area contributed by atoms with Crippen LogP contribution in [0.25, 0.3) is 0 Å². The van der Waals surface area contributed by atoms with Crippen LogP contribution in [0.4, 0.5) is 0 Å². The van der Waals surface area contributed by atoms with Crippen molar-refractivity contribution in [2.45, 2.75) is 320 Å². The molecular formula is C61H88O19. The van der Waals surface area contributed by atoms with Gasteiger partial charge in [0.1, 0.15) is 42.2 Å². The maximum absolute atomic E-state index is 14.6. The number of aliphatic hydroxyl groups is 3. The second-order valence-electron chi connectivity index (χ2n) is 28.2. The summed E-state index contributed by atoms with van der Waals surface area (Å²) < 4.78 is 104. The lowest BCUT2D eigenvalue weighted by atomic mass is 9.79. The zero-order chi connectivity index (χ0) is 54.9. The lowest BCUT2D eigenvalue weighted by Gasteiger charge is -2.50. The summed E-state index contributed by atoms with van der Waals surface area (Å²) in [6, 6.07) is 0. The first-order valence-corrected chi connectivity index (χ1v) is 31.2. The number of hydrogen-bond acceptors (Lipinski definition) is 19. The molecule has 3 spiro atoms. The Bertz CT molecular complexity index is 2390. The first-order valence-electron chi connectivity index (χ1n) is 31.2. The molecule has 3 N–H and O–H groups in total. The van der Waals surface area contributed by atoms with Gasteiger partial charge in [-0.3, -0.25) is 4.79 Å². The largest absolute Gasteiger partial charge is 0.459 e. The van der Waals surface area contributed by atoms with E-state index in [2.05, 4.69) is 47.8 Å². The van der Waals surface area contributed by atoms with Crippen LogP contribution in [0.15, 0.2) is 24.3 Å². The van der Waals surface area contributed by atoms with Crippen LogP contribution in [-0.4, -0.2) is 197 Å². The summed E-state index contributed by atoms with van der Waals surface area (Å²) in [5, 5.41) is 30.4. The topological polar surface area (TPSA) is 216 Å². The minimum absolute atomic E-state index is 0.00300. The minimum Gasteiger partial charge on any atom is -0.459 e. The van der Waals surface area contributed by atoms with Crippen molar-refractivity contribution in [2.75, 3.05) is 6.61 Å². The van der Waals surface area contributed by atoms with E-state index in [-0.39, 0.29) is 140 Å². The van der Waals surface area contributed by atoms with Crippen LogP contribution in [0.5, 0.6) is 0 Å². The van der Waals surface area contributed by atoms with E-state index in [1.807, 2.05) is 0 Å². The molecule has 0 radical (unpaired) electrons. The van der Waals surface area contributed by atoms with Crippen LogP contribution in [0.1, 0.15) is 150 Å². The van der Waals surface area contributed by atoms with Gasteiger partial charge in [-0.1, -0.05) is 40.9 Å². The summed E-state index contributed by atoms with van der Waals surface area (Å²) in [6.07, 6.45) is 1.95. The molecule has 0 amide bonds. The van der Waals surface area contributed by atoms with E-state index in [1.54, 1.807) is 0 Å². The second kappa shape index (κ2) is 20.2. The molecule has 12 bridgehead atoms. The van der Waals surface area contributed by atoms with Gasteiger partial charge in [0.05, 0.1) is 123 Å². The van der Waals surface area contributed by atoms with Crippen LogP contribution >= 0.6 is 0 Å². The summed E-state index contributed by atoms with van der Waals surface area (Å²) in [7, 11) is 0. The molecule has 32 atom stereocenters. The van der Waals surface area contributed by atoms with Crippen molar-refractivity contribution >= 4 is 5.97 Å². The van der Waals surface area contributed by atoms with Crippen LogP contribution in [0.3, 0.4) is 0 Å². The van der Waals surface area contributed by atoms with Crippen molar-refractivity contribution in [3.8, 4) is 0 Å². The van der Waals surface area contributed by atoms with Gasteiger partial charge in [-0.25, -0.2) is 0 Å². The number of esters is 1. The quantitative estimate of drug-likeness (QED) is 0.240. The number of ether oxygens (including phenoxy) is 15. The fraction of sp³-hybridized carbons (Fsp3) is 0.918.